The van der Waals surface area contributed by atoms with Crippen LogP contribution >= 0.6 is 0 Å². The van der Waals surface area contributed by atoms with Gasteiger partial charge in [0.1, 0.15) is 12.0 Å². The molecule has 7 nitrogen and oxygen atoms in total. The highest BCUT2D eigenvalue weighted by Crippen LogP contribution is 2.33. The fourth-order valence-corrected chi connectivity index (χ4v) is 2.66. The van der Waals surface area contributed by atoms with Crippen molar-refractivity contribution in [1.82, 2.24) is 14.9 Å². The van der Waals surface area contributed by atoms with Gasteiger partial charge < -0.3 is 25.4 Å². The molecule has 0 aliphatic carbocycles. The third-order valence-corrected chi connectivity index (χ3v) is 3.51. The Labute approximate surface area is 125 Å². The van der Waals surface area contributed by atoms with Crippen LogP contribution in [-0.4, -0.2) is 65.9 Å². The maximum absolute atomic E-state index is 9.97. The maximum Gasteiger partial charge on any atom is 0.242 e. The van der Waals surface area contributed by atoms with Crippen LogP contribution in [0.3, 0.4) is 0 Å². The van der Waals surface area contributed by atoms with Crippen LogP contribution in [0.4, 0.5) is 11.5 Å². The van der Waals surface area contributed by atoms with Crippen LogP contribution in [-0.2, 0) is 0 Å². The summed E-state index contributed by atoms with van der Waals surface area (Å²) >= 11 is 0. The van der Waals surface area contributed by atoms with Gasteiger partial charge in [0.25, 0.3) is 0 Å². The summed E-state index contributed by atoms with van der Waals surface area (Å²) in [6, 6.07) is 0.186. The van der Waals surface area contributed by atoms with Crippen molar-refractivity contribution >= 4 is 11.5 Å². The Bertz CT molecular complexity index is 469. The molecule has 1 fully saturated rings. The van der Waals surface area contributed by atoms with Crippen LogP contribution in [0.25, 0.3) is 0 Å². The average molecular weight is 295 g/mol. The number of rotatable bonds is 6. The normalized spacial score (nSPS) is 22.0. The fraction of sp³-hybridized carbons (Fsp3) is 0.714. The van der Waals surface area contributed by atoms with E-state index in [2.05, 4.69) is 19.8 Å². The van der Waals surface area contributed by atoms with E-state index in [1.807, 2.05) is 21.0 Å². The largest absolute Gasteiger partial charge is 0.476 e. The minimum Gasteiger partial charge on any atom is -0.476 e. The number of likely N-dealkylation sites (N-methyl/N-ethyl adjacent to an activating group) is 1. The molecule has 2 unspecified atom stereocenters. The van der Waals surface area contributed by atoms with Crippen molar-refractivity contribution in [2.24, 2.45) is 0 Å². The Morgan fingerprint density at radius 3 is 2.90 bits per heavy atom. The van der Waals surface area contributed by atoms with E-state index in [1.165, 1.54) is 6.33 Å². The van der Waals surface area contributed by atoms with Gasteiger partial charge in [-0.1, -0.05) is 6.92 Å². The zero-order chi connectivity index (χ0) is 15.4. The first-order valence-electron chi connectivity index (χ1n) is 7.35. The SMILES string of the molecule is CCCOc1ncnc(N2CC(O)CC2CN(C)C)c1N. The van der Waals surface area contributed by atoms with E-state index in [4.69, 9.17) is 10.5 Å². The number of hydrogen-bond donors (Lipinski definition) is 2. The predicted molar refractivity (Wildman–Crippen MR) is 82.5 cm³/mol. The summed E-state index contributed by atoms with van der Waals surface area (Å²) in [6.45, 7) is 3.98. The molecule has 1 aromatic heterocycles. The molecule has 2 rings (SSSR count). The monoisotopic (exact) mass is 295 g/mol. The molecule has 1 aliphatic rings. The van der Waals surface area contributed by atoms with Gasteiger partial charge in [-0.2, -0.15) is 4.98 Å². The van der Waals surface area contributed by atoms with E-state index >= 15 is 0 Å². The molecule has 0 bridgehead atoms. The number of anilines is 2. The van der Waals surface area contributed by atoms with Crippen LogP contribution in [0.5, 0.6) is 5.88 Å². The Kier molecular flexibility index (Phi) is 5.19. The van der Waals surface area contributed by atoms with Gasteiger partial charge in [0, 0.05) is 19.1 Å². The topological polar surface area (TPSA) is 87.7 Å². The summed E-state index contributed by atoms with van der Waals surface area (Å²) in [4.78, 5) is 12.6. The van der Waals surface area contributed by atoms with Crippen LogP contribution < -0.4 is 15.4 Å². The van der Waals surface area contributed by atoms with Crippen molar-refractivity contribution < 1.29 is 9.84 Å². The molecule has 0 amide bonds. The van der Waals surface area contributed by atoms with E-state index in [9.17, 15) is 5.11 Å². The maximum atomic E-state index is 9.97. The molecule has 1 aliphatic heterocycles. The third-order valence-electron chi connectivity index (χ3n) is 3.51. The number of nitrogens with zero attached hydrogens (tertiary/aromatic N) is 4. The lowest BCUT2D eigenvalue weighted by molar-refractivity contribution is 0.191. The molecule has 21 heavy (non-hydrogen) atoms. The van der Waals surface area contributed by atoms with Gasteiger partial charge in [0.05, 0.1) is 12.7 Å². The zero-order valence-corrected chi connectivity index (χ0v) is 13.0. The standard InChI is InChI=1S/C14H25N5O2/c1-4-5-21-14-12(15)13(16-9-17-14)19-8-11(20)6-10(19)7-18(2)3/h9-11,20H,4-8,15H2,1-3H3. The Hall–Kier alpha value is -1.60. The van der Waals surface area contributed by atoms with Gasteiger partial charge in [-0.25, -0.2) is 4.98 Å². The molecule has 118 valence electrons. The minimum absolute atomic E-state index is 0.186. The van der Waals surface area contributed by atoms with Crippen LogP contribution in [0, 0.1) is 0 Å². The molecule has 0 saturated carbocycles. The van der Waals surface area contributed by atoms with Crippen molar-refractivity contribution in [3.63, 3.8) is 0 Å². The summed E-state index contributed by atoms with van der Waals surface area (Å²) in [5.41, 5.74) is 6.60. The minimum atomic E-state index is -0.357. The molecule has 0 spiro atoms. The fourth-order valence-electron chi connectivity index (χ4n) is 2.66. The van der Waals surface area contributed by atoms with Gasteiger partial charge in [-0.05, 0) is 26.9 Å². The van der Waals surface area contributed by atoms with Crippen molar-refractivity contribution in [3.05, 3.63) is 6.33 Å². The lowest BCUT2D eigenvalue weighted by Crippen LogP contribution is -2.38. The number of ether oxygens (including phenoxy) is 1. The van der Waals surface area contributed by atoms with Crippen molar-refractivity contribution in [3.8, 4) is 5.88 Å². The smallest absolute Gasteiger partial charge is 0.242 e. The number of aromatic nitrogens is 2. The predicted octanol–water partition coefficient (Wildman–Crippen LogP) is 0.349. The Morgan fingerprint density at radius 2 is 2.24 bits per heavy atom. The number of β-amino-alcohol motifs (C(OH)–C–C–N with tert-alkyl or cyclic N) is 1. The first kappa shape index (κ1) is 15.8. The second-order valence-corrected chi connectivity index (χ2v) is 5.72. The van der Waals surface area contributed by atoms with Crippen LogP contribution in [0.1, 0.15) is 19.8 Å². The summed E-state index contributed by atoms with van der Waals surface area (Å²) in [7, 11) is 4.03. The molecule has 7 heteroatoms. The molecule has 2 atom stereocenters. The number of aliphatic hydroxyl groups is 1. The van der Waals surface area contributed by atoms with Crippen LogP contribution in [0.2, 0.25) is 0 Å². The average Bonchev–Trinajstić information content (AvgIpc) is 2.77. The second-order valence-electron chi connectivity index (χ2n) is 5.72. The van der Waals surface area contributed by atoms with E-state index in [0.29, 0.717) is 37.0 Å². The van der Waals surface area contributed by atoms with E-state index < -0.39 is 0 Å². The number of nitrogens with two attached hydrogens (primary N) is 1. The molecular weight excluding hydrogens is 270 g/mol. The highest BCUT2D eigenvalue weighted by molar-refractivity contribution is 5.68. The summed E-state index contributed by atoms with van der Waals surface area (Å²) < 4.78 is 5.55. The molecule has 0 aromatic carbocycles. The van der Waals surface area contributed by atoms with E-state index in [1.54, 1.807) is 0 Å². The summed E-state index contributed by atoms with van der Waals surface area (Å²) in [5, 5.41) is 9.97. The number of hydrogen-bond acceptors (Lipinski definition) is 7. The van der Waals surface area contributed by atoms with Gasteiger partial charge in [-0.3, -0.25) is 0 Å². The highest BCUT2D eigenvalue weighted by Gasteiger charge is 2.33. The Morgan fingerprint density at radius 1 is 1.48 bits per heavy atom. The first-order valence-corrected chi connectivity index (χ1v) is 7.35. The van der Waals surface area contributed by atoms with Crippen LogP contribution in [0.15, 0.2) is 6.33 Å². The lowest BCUT2D eigenvalue weighted by atomic mass is 10.2. The molecule has 2 heterocycles. The van der Waals surface area contributed by atoms with Gasteiger partial charge in [-0.15, -0.1) is 0 Å². The van der Waals surface area contributed by atoms with Gasteiger partial charge in [0.2, 0.25) is 5.88 Å². The lowest BCUT2D eigenvalue weighted by Gasteiger charge is -2.28. The molecule has 1 aromatic rings. The second kappa shape index (κ2) is 6.91. The number of aliphatic hydroxyl groups excluding tert-OH is 1. The van der Waals surface area contributed by atoms with Gasteiger partial charge in [0.15, 0.2) is 5.82 Å². The molecule has 1 saturated heterocycles. The first-order chi connectivity index (χ1) is 10.0. The van der Waals surface area contributed by atoms with Crippen molar-refractivity contribution in [1.29, 1.82) is 0 Å². The molecule has 3 N–H and O–H groups in total. The molecule has 0 radical (unpaired) electrons. The number of nitrogen functional groups attached to an aromatic ring is 1. The molecular formula is C14H25N5O2. The Balaban J connectivity index is 2.23. The summed E-state index contributed by atoms with van der Waals surface area (Å²) in [5.74, 6) is 1.08. The highest BCUT2D eigenvalue weighted by atomic mass is 16.5. The third kappa shape index (κ3) is 3.74. The van der Waals surface area contributed by atoms with E-state index in [-0.39, 0.29) is 12.1 Å². The summed E-state index contributed by atoms with van der Waals surface area (Å²) in [6.07, 6.45) is 2.72. The van der Waals surface area contributed by atoms with E-state index in [0.717, 1.165) is 13.0 Å². The van der Waals surface area contributed by atoms with Crippen molar-refractivity contribution in [2.45, 2.75) is 31.9 Å². The zero-order valence-electron chi connectivity index (χ0n) is 13.0. The van der Waals surface area contributed by atoms with Gasteiger partial charge >= 0.3 is 0 Å². The quantitative estimate of drug-likeness (QED) is 0.783. The van der Waals surface area contributed by atoms with Crippen molar-refractivity contribution in [2.75, 3.05) is 44.4 Å².